The Morgan fingerprint density at radius 1 is 1.20 bits per heavy atom. The third-order valence-electron chi connectivity index (χ3n) is 6.40. The van der Waals surface area contributed by atoms with E-state index in [2.05, 4.69) is 15.2 Å². The van der Waals surface area contributed by atoms with Gasteiger partial charge in [-0.25, -0.2) is 0 Å². The molecule has 7 heteroatoms. The third-order valence-corrected chi connectivity index (χ3v) is 6.40. The smallest absolute Gasteiger partial charge is 0.313 e. The van der Waals surface area contributed by atoms with Crippen molar-refractivity contribution >= 4 is 34.3 Å². The number of anilines is 1. The van der Waals surface area contributed by atoms with Crippen LogP contribution in [0.3, 0.4) is 0 Å². The predicted octanol–water partition coefficient (Wildman–Crippen LogP) is 3.48. The number of azo groups is 1. The zero-order chi connectivity index (χ0) is 18.0. The standard InChI is InChI=1S/C18H20N4O3/c1-16(2)17(3)8-9-18(16,25-15(17)24)14(23)22-21-13-11-7-5-4-6-10(11)12(19)20-13/h4-7,20H,8-9,19H2,1-3H3. The van der Waals surface area contributed by atoms with Gasteiger partial charge in [-0.15, -0.1) is 10.2 Å². The maximum Gasteiger partial charge on any atom is 0.313 e. The van der Waals surface area contributed by atoms with Crippen molar-refractivity contribution in [2.45, 2.75) is 39.2 Å². The van der Waals surface area contributed by atoms with Crippen LogP contribution in [0.4, 0.5) is 11.6 Å². The van der Waals surface area contributed by atoms with E-state index in [9.17, 15) is 9.59 Å². The molecule has 2 aliphatic rings. The number of nitrogens with one attached hydrogen (secondary N) is 1. The Labute approximate surface area is 144 Å². The molecule has 25 heavy (non-hydrogen) atoms. The maximum atomic E-state index is 12.9. The van der Waals surface area contributed by atoms with Crippen molar-refractivity contribution in [2.24, 2.45) is 21.1 Å². The SMILES string of the molecule is CC12CCC(C(=O)N=Nc3[nH]c(N)c4ccccc34)(OC1=O)C2(C)C. The van der Waals surface area contributed by atoms with Crippen molar-refractivity contribution in [1.82, 2.24) is 4.98 Å². The van der Waals surface area contributed by atoms with Crippen LogP contribution in [-0.2, 0) is 14.3 Å². The summed E-state index contributed by atoms with van der Waals surface area (Å²) in [5.41, 5.74) is 3.39. The first kappa shape index (κ1) is 15.8. The molecular formula is C18H20N4O3. The van der Waals surface area contributed by atoms with Crippen LogP contribution in [0.25, 0.3) is 10.8 Å². The molecule has 1 amide bonds. The highest BCUT2D eigenvalue weighted by Gasteiger charge is 2.75. The number of fused-ring (bicyclic) bond motifs is 3. The van der Waals surface area contributed by atoms with Crippen LogP contribution in [0, 0.1) is 10.8 Å². The highest BCUT2D eigenvalue weighted by Crippen LogP contribution is 2.65. The van der Waals surface area contributed by atoms with Gasteiger partial charge in [-0.05, 0) is 19.8 Å². The van der Waals surface area contributed by atoms with Crippen LogP contribution in [0.2, 0.25) is 0 Å². The van der Waals surface area contributed by atoms with Crippen molar-refractivity contribution < 1.29 is 14.3 Å². The third kappa shape index (κ3) is 1.75. The van der Waals surface area contributed by atoms with Gasteiger partial charge in [-0.1, -0.05) is 38.1 Å². The first-order chi connectivity index (χ1) is 11.7. The van der Waals surface area contributed by atoms with Crippen molar-refractivity contribution in [3.63, 3.8) is 0 Å². The van der Waals surface area contributed by atoms with E-state index in [1.807, 2.05) is 45.0 Å². The number of nitrogens with zero attached hydrogens (tertiary/aromatic N) is 2. The summed E-state index contributed by atoms with van der Waals surface area (Å²) >= 11 is 0. The van der Waals surface area contributed by atoms with Gasteiger partial charge >= 0.3 is 11.9 Å². The predicted molar refractivity (Wildman–Crippen MR) is 92.2 cm³/mol. The molecule has 2 heterocycles. The number of hydrogen-bond acceptors (Lipinski definition) is 5. The zero-order valence-corrected chi connectivity index (χ0v) is 14.4. The fourth-order valence-electron chi connectivity index (χ4n) is 4.16. The fourth-order valence-corrected chi connectivity index (χ4v) is 4.16. The summed E-state index contributed by atoms with van der Waals surface area (Å²) in [6.07, 6.45) is 1.08. The second kappa shape index (κ2) is 4.68. The van der Waals surface area contributed by atoms with Crippen molar-refractivity contribution in [1.29, 1.82) is 0 Å². The molecule has 1 aliphatic carbocycles. The molecule has 130 valence electrons. The largest absolute Gasteiger partial charge is 0.448 e. The molecule has 1 aromatic carbocycles. The Bertz CT molecular complexity index is 945. The van der Waals surface area contributed by atoms with Gasteiger partial charge in [0.05, 0.1) is 5.41 Å². The van der Waals surface area contributed by atoms with E-state index in [1.54, 1.807) is 0 Å². The molecule has 1 aromatic heterocycles. The molecule has 2 unspecified atom stereocenters. The molecule has 1 aliphatic heterocycles. The lowest BCUT2D eigenvalue weighted by Gasteiger charge is -2.33. The Kier molecular flexibility index (Phi) is 2.96. The number of esters is 1. The number of hydrogen-bond donors (Lipinski definition) is 2. The monoisotopic (exact) mass is 340 g/mol. The first-order valence-electron chi connectivity index (χ1n) is 8.29. The number of H-pyrrole nitrogens is 1. The van der Waals surface area contributed by atoms with Crippen LogP contribution in [0.5, 0.6) is 0 Å². The van der Waals surface area contributed by atoms with Crippen LogP contribution >= 0.6 is 0 Å². The minimum atomic E-state index is -1.24. The van der Waals surface area contributed by atoms with E-state index in [0.717, 1.165) is 10.8 Å². The molecule has 2 bridgehead atoms. The number of aromatic amines is 1. The molecule has 2 atom stereocenters. The van der Waals surface area contributed by atoms with E-state index >= 15 is 0 Å². The fraction of sp³-hybridized carbons (Fsp3) is 0.444. The van der Waals surface area contributed by atoms with E-state index in [1.165, 1.54) is 0 Å². The summed E-state index contributed by atoms with van der Waals surface area (Å²) in [6.45, 7) is 5.63. The van der Waals surface area contributed by atoms with Gasteiger partial charge in [-0.3, -0.25) is 9.59 Å². The summed E-state index contributed by atoms with van der Waals surface area (Å²) < 4.78 is 5.53. The Morgan fingerprint density at radius 2 is 1.88 bits per heavy atom. The lowest BCUT2D eigenvalue weighted by atomic mass is 9.66. The summed E-state index contributed by atoms with van der Waals surface area (Å²) in [7, 11) is 0. The van der Waals surface area contributed by atoms with Gasteiger partial charge in [0, 0.05) is 16.2 Å². The Morgan fingerprint density at radius 3 is 2.48 bits per heavy atom. The van der Waals surface area contributed by atoms with Crippen LogP contribution in [0.15, 0.2) is 34.5 Å². The normalized spacial score (nSPS) is 30.3. The van der Waals surface area contributed by atoms with E-state index in [-0.39, 0.29) is 5.97 Å². The number of benzene rings is 1. The molecular weight excluding hydrogens is 320 g/mol. The average molecular weight is 340 g/mol. The number of rotatable bonds is 2. The van der Waals surface area contributed by atoms with Crippen molar-refractivity contribution in [3.05, 3.63) is 24.3 Å². The van der Waals surface area contributed by atoms with Gasteiger partial charge in [-0.2, -0.15) is 0 Å². The van der Waals surface area contributed by atoms with E-state index in [0.29, 0.717) is 24.5 Å². The number of nitrogen functional groups attached to an aromatic ring is 1. The van der Waals surface area contributed by atoms with Gasteiger partial charge in [0.25, 0.3) is 0 Å². The number of aromatic nitrogens is 1. The first-order valence-corrected chi connectivity index (χ1v) is 8.29. The molecule has 3 N–H and O–H groups in total. The van der Waals surface area contributed by atoms with Crippen LogP contribution < -0.4 is 5.73 Å². The molecule has 2 aromatic rings. The lowest BCUT2D eigenvalue weighted by molar-refractivity contribution is -0.166. The average Bonchev–Trinajstić information content (AvgIpc) is 3.06. The quantitative estimate of drug-likeness (QED) is 0.644. The van der Waals surface area contributed by atoms with Gasteiger partial charge < -0.3 is 15.5 Å². The van der Waals surface area contributed by atoms with Gasteiger partial charge in [0.15, 0.2) is 11.4 Å². The minimum absolute atomic E-state index is 0.332. The number of carbonyl (C=O) groups excluding carboxylic acids is 2. The molecule has 2 fully saturated rings. The van der Waals surface area contributed by atoms with Crippen molar-refractivity contribution in [2.75, 3.05) is 5.73 Å². The van der Waals surface area contributed by atoms with Crippen LogP contribution in [-0.4, -0.2) is 22.5 Å². The zero-order valence-electron chi connectivity index (χ0n) is 14.4. The number of carbonyl (C=O) groups is 2. The molecule has 0 spiro atoms. The topological polar surface area (TPSA) is 110 Å². The molecule has 1 saturated heterocycles. The summed E-state index contributed by atoms with van der Waals surface area (Å²) in [4.78, 5) is 28.1. The Balaban J connectivity index is 1.71. The summed E-state index contributed by atoms with van der Waals surface area (Å²) in [6, 6.07) is 7.45. The highest BCUT2D eigenvalue weighted by atomic mass is 16.6. The van der Waals surface area contributed by atoms with Crippen molar-refractivity contribution in [3.8, 4) is 0 Å². The van der Waals surface area contributed by atoms with Crippen LogP contribution in [0.1, 0.15) is 33.6 Å². The number of ether oxygens (including phenoxy) is 1. The van der Waals surface area contributed by atoms with Gasteiger partial charge in [0.2, 0.25) is 0 Å². The lowest BCUT2D eigenvalue weighted by Crippen LogP contribution is -2.47. The molecule has 4 rings (SSSR count). The Hall–Kier alpha value is -2.70. The second-order valence-electron chi connectivity index (χ2n) is 7.61. The summed E-state index contributed by atoms with van der Waals surface area (Å²) in [5, 5.41) is 9.57. The number of amides is 1. The van der Waals surface area contributed by atoms with Gasteiger partial charge in [0.1, 0.15) is 5.82 Å². The maximum absolute atomic E-state index is 12.9. The second-order valence-corrected chi connectivity index (χ2v) is 7.61. The van der Waals surface area contributed by atoms with E-state index in [4.69, 9.17) is 10.5 Å². The highest BCUT2D eigenvalue weighted by molar-refractivity contribution is 6.00. The minimum Gasteiger partial charge on any atom is -0.448 e. The molecule has 7 nitrogen and oxygen atoms in total. The molecule has 1 saturated carbocycles. The molecule has 0 radical (unpaired) electrons. The number of nitrogens with two attached hydrogens (primary N) is 1. The van der Waals surface area contributed by atoms with E-state index < -0.39 is 22.3 Å². The summed E-state index contributed by atoms with van der Waals surface area (Å²) in [5.74, 6) is 0.0307.